The lowest BCUT2D eigenvalue weighted by Crippen LogP contribution is -2.06. The molecule has 0 radical (unpaired) electrons. The van der Waals surface area contributed by atoms with E-state index in [1.807, 2.05) is 6.07 Å². The summed E-state index contributed by atoms with van der Waals surface area (Å²) in [6, 6.07) is 9.37. The summed E-state index contributed by atoms with van der Waals surface area (Å²) >= 11 is 0. The first-order valence-corrected chi connectivity index (χ1v) is 6.79. The Bertz CT molecular complexity index is 656. The van der Waals surface area contributed by atoms with Gasteiger partial charge in [0.2, 0.25) is 5.95 Å². The van der Waals surface area contributed by atoms with Gasteiger partial charge in [0.1, 0.15) is 5.82 Å². The summed E-state index contributed by atoms with van der Waals surface area (Å²) in [6.45, 7) is 0. The van der Waals surface area contributed by atoms with Gasteiger partial charge in [-0.3, -0.25) is 0 Å². The van der Waals surface area contributed by atoms with Crippen LogP contribution in [0.5, 0.6) is 0 Å². The Morgan fingerprint density at radius 1 is 1.33 bits per heavy atom. The minimum atomic E-state index is -0.363. The van der Waals surface area contributed by atoms with Crippen LogP contribution in [0.4, 0.5) is 17.5 Å². The minimum Gasteiger partial charge on any atom is -0.465 e. The third-order valence-electron chi connectivity index (χ3n) is 3.12. The maximum Gasteiger partial charge on any atom is 0.337 e. The number of rotatable bonds is 5. The SMILES string of the molecule is COC(=O)c1cccc(Nc2ccnc(NC3CC3)n2)c1. The van der Waals surface area contributed by atoms with E-state index in [0.29, 0.717) is 23.4 Å². The van der Waals surface area contributed by atoms with Crippen molar-refractivity contribution in [3.63, 3.8) is 0 Å². The third kappa shape index (κ3) is 3.47. The largest absolute Gasteiger partial charge is 0.465 e. The van der Waals surface area contributed by atoms with E-state index in [1.165, 1.54) is 20.0 Å². The molecule has 1 aromatic carbocycles. The summed E-state index contributed by atoms with van der Waals surface area (Å²) < 4.78 is 4.71. The van der Waals surface area contributed by atoms with Gasteiger partial charge in [-0.2, -0.15) is 4.98 Å². The van der Waals surface area contributed by atoms with E-state index in [9.17, 15) is 4.79 Å². The molecular formula is C15H16N4O2. The lowest BCUT2D eigenvalue weighted by atomic mass is 10.2. The molecule has 1 heterocycles. The number of methoxy groups -OCH3 is 1. The van der Waals surface area contributed by atoms with Crippen molar-refractivity contribution in [2.24, 2.45) is 0 Å². The molecule has 0 spiro atoms. The molecule has 1 aliphatic carbocycles. The van der Waals surface area contributed by atoms with Crippen molar-refractivity contribution in [2.45, 2.75) is 18.9 Å². The van der Waals surface area contributed by atoms with E-state index >= 15 is 0 Å². The van der Waals surface area contributed by atoms with Crippen molar-refractivity contribution in [2.75, 3.05) is 17.7 Å². The van der Waals surface area contributed by atoms with Gasteiger partial charge in [-0.05, 0) is 37.1 Å². The van der Waals surface area contributed by atoms with Crippen LogP contribution in [0.1, 0.15) is 23.2 Å². The fourth-order valence-corrected chi connectivity index (χ4v) is 1.90. The molecule has 108 valence electrons. The quantitative estimate of drug-likeness (QED) is 0.822. The lowest BCUT2D eigenvalue weighted by Gasteiger charge is -2.08. The third-order valence-corrected chi connectivity index (χ3v) is 3.12. The zero-order valence-electron chi connectivity index (χ0n) is 11.7. The molecule has 1 aromatic heterocycles. The number of esters is 1. The molecular weight excluding hydrogens is 268 g/mol. The van der Waals surface area contributed by atoms with E-state index in [0.717, 1.165) is 5.69 Å². The minimum absolute atomic E-state index is 0.363. The number of hydrogen-bond donors (Lipinski definition) is 2. The molecule has 0 unspecified atom stereocenters. The molecule has 2 N–H and O–H groups in total. The Morgan fingerprint density at radius 3 is 2.95 bits per heavy atom. The number of ether oxygens (including phenoxy) is 1. The van der Waals surface area contributed by atoms with Crippen LogP contribution in [-0.2, 0) is 4.74 Å². The monoisotopic (exact) mass is 284 g/mol. The highest BCUT2D eigenvalue weighted by molar-refractivity contribution is 5.90. The second-order valence-corrected chi connectivity index (χ2v) is 4.88. The van der Waals surface area contributed by atoms with E-state index in [1.54, 1.807) is 30.5 Å². The van der Waals surface area contributed by atoms with Crippen LogP contribution in [0.2, 0.25) is 0 Å². The van der Waals surface area contributed by atoms with Gasteiger partial charge in [0.05, 0.1) is 12.7 Å². The van der Waals surface area contributed by atoms with Gasteiger partial charge < -0.3 is 15.4 Å². The predicted molar refractivity (Wildman–Crippen MR) is 79.7 cm³/mol. The van der Waals surface area contributed by atoms with Crippen molar-refractivity contribution in [3.8, 4) is 0 Å². The van der Waals surface area contributed by atoms with Gasteiger partial charge in [-0.1, -0.05) is 6.07 Å². The summed E-state index contributed by atoms with van der Waals surface area (Å²) in [6.07, 6.45) is 4.04. The Morgan fingerprint density at radius 2 is 2.19 bits per heavy atom. The van der Waals surface area contributed by atoms with Crippen LogP contribution in [0.15, 0.2) is 36.5 Å². The zero-order valence-corrected chi connectivity index (χ0v) is 11.7. The van der Waals surface area contributed by atoms with Crippen LogP contribution in [-0.4, -0.2) is 29.1 Å². The number of hydrogen-bond acceptors (Lipinski definition) is 6. The van der Waals surface area contributed by atoms with Crippen LogP contribution in [0, 0.1) is 0 Å². The predicted octanol–water partition coefficient (Wildman–Crippen LogP) is 2.58. The first kappa shape index (κ1) is 13.4. The van der Waals surface area contributed by atoms with E-state index in [2.05, 4.69) is 20.6 Å². The highest BCUT2D eigenvalue weighted by atomic mass is 16.5. The van der Waals surface area contributed by atoms with Gasteiger partial charge in [0, 0.05) is 17.9 Å². The number of nitrogens with zero attached hydrogens (tertiary/aromatic N) is 2. The van der Waals surface area contributed by atoms with Gasteiger partial charge in [-0.15, -0.1) is 0 Å². The molecule has 6 heteroatoms. The average molecular weight is 284 g/mol. The fourth-order valence-electron chi connectivity index (χ4n) is 1.90. The molecule has 0 aliphatic heterocycles. The van der Waals surface area contributed by atoms with Gasteiger partial charge in [-0.25, -0.2) is 9.78 Å². The topological polar surface area (TPSA) is 76.1 Å². The molecule has 0 saturated heterocycles. The Labute approximate surface area is 122 Å². The number of anilines is 3. The first-order chi connectivity index (χ1) is 10.2. The number of aromatic nitrogens is 2. The van der Waals surface area contributed by atoms with Crippen molar-refractivity contribution >= 4 is 23.4 Å². The highest BCUT2D eigenvalue weighted by Gasteiger charge is 2.21. The standard InChI is InChI=1S/C15H16N4O2/c1-21-14(20)10-3-2-4-12(9-10)17-13-7-8-16-15(19-13)18-11-5-6-11/h2-4,7-9,11H,5-6H2,1H3,(H2,16,17,18,19). The summed E-state index contributed by atoms with van der Waals surface area (Å²) in [5, 5.41) is 6.40. The van der Waals surface area contributed by atoms with Gasteiger partial charge >= 0.3 is 5.97 Å². The summed E-state index contributed by atoms with van der Waals surface area (Å²) in [5.41, 5.74) is 1.27. The van der Waals surface area contributed by atoms with Gasteiger partial charge in [0.25, 0.3) is 0 Å². The van der Waals surface area contributed by atoms with Crippen molar-refractivity contribution in [3.05, 3.63) is 42.1 Å². The normalized spacial score (nSPS) is 13.6. The van der Waals surface area contributed by atoms with E-state index < -0.39 is 0 Å². The molecule has 2 aromatic rings. The fraction of sp³-hybridized carbons (Fsp3) is 0.267. The second kappa shape index (κ2) is 5.78. The number of nitrogens with one attached hydrogen (secondary N) is 2. The van der Waals surface area contributed by atoms with Crippen LogP contribution < -0.4 is 10.6 Å². The number of carbonyl (C=O) groups is 1. The summed E-state index contributed by atoms with van der Waals surface area (Å²) in [4.78, 5) is 20.1. The van der Waals surface area contributed by atoms with Crippen molar-refractivity contribution < 1.29 is 9.53 Å². The summed E-state index contributed by atoms with van der Waals surface area (Å²) in [7, 11) is 1.36. The smallest absolute Gasteiger partial charge is 0.337 e. The van der Waals surface area contributed by atoms with E-state index in [-0.39, 0.29) is 5.97 Å². The average Bonchev–Trinajstić information content (AvgIpc) is 3.31. The number of benzene rings is 1. The molecule has 21 heavy (non-hydrogen) atoms. The first-order valence-electron chi connectivity index (χ1n) is 6.79. The van der Waals surface area contributed by atoms with Crippen LogP contribution in [0.3, 0.4) is 0 Å². The Kier molecular flexibility index (Phi) is 3.68. The molecule has 1 saturated carbocycles. The summed E-state index contributed by atoms with van der Waals surface area (Å²) in [5.74, 6) is 0.930. The lowest BCUT2D eigenvalue weighted by molar-refractivity contribution is 0.0601. The molecule has 1 fully saturated rings. The molecule has 1 aliphatic rings. The highest BCUT2D eigenvalue weighted by Crippen LogP contribution is 2.23. The number of carbonyl (C=O) groups excluding carboxylic acids is 1. The maximum atomic E-state index is 11.5. The maximum absolute atomic E-state index is 11.5. The molecule has 0 amide bonds. The molecule has 0 atom stereocenters. The molecule has 0 bridgehead atoms. The van der Waals surface area contributed by atoms with Gasteiger partial charge in [0.15, 0.2) is 0 Å². The Balaban J connectivity index is 1.74. The van der Waals surface area contributed by atoms with Crippen LogP contribution >= 0.6 is 0 Å². The second-order valence-electron chi connectivity index (χ2n) is 4.88. The zero-order chi connectivity index (χ0) is 14.7. The van der Waals surface area contributed by atoms with Crippen LogP contribution in [0.25, 0.3) is 0 Å². The van der Waals surface area contributed by atoms with Crippen molar-refractivity contribution in [1.29, 1.82) is 0 Å². The van der Waals surface area contributed by atoms with E-state index in [4.69, 9.17) is 4.74 Å². The Hall–Kier alpha value is -2.63. The molecule has 6 nitrogen and oxygen atoms in total. The molecule has 3 rings (SSSR count). The van der Waals surface area contributed by atoms with Crippen molar-refractivity contribution in [1.82, 2.24) is 9.97 Å².